The van der Waals surface area contributed by atoms with Gasteiger partial charge >= 0.3 is 0 Å². The molecule has 0 amide bonds. The van der Waals surface area contributed by atoms with E-state index in [1.807, 2.05) is 19.1 Å². The fourth-order valence-corrected chi connectivity index (χ4v) is 1.37. The van der Waals surface area contributed by atoms with Crippen molar-refractivity contribution < 1.29 is 4.79 Å². The number of hydrogen-bond donors (Lipinski definition) is 0. The van der Waals surface area contributed by atoms with Crippen LogP contribution < -0.4 is 0 Å². The van der Waals surface area contributed by atoms with Gasteiger partial charge < -0.3 is 0 Å². The minimum absolute atomic E-state index is 0.685. The van der Waals surface area contributed by atoms with Crippen molar-refractivity contribution in [1.82, 2.24) is 0 Å². The fraction of sp³-hybridized carbons (Fsp3) is 0.182. The third kappa shape index (κ3) is 1.62. The van der Waals surface area contributed by atoms with Gasteiger partial charge in [-0.2, -0.15) is 10.2 Å². The molecule has 0 saturated carbocycles. The van der Waals surface area contributed by atoms with Crippen LogP contribution in [0.4, 0.5) is 0 Å². The summed E-state index contributed by atoms with van der Waals surface area (Å²) in [7, 11) is 0. The number of hydrogen-bond acceptors (Lipinski definition) is 3. The van der Waals surface area contributed by atoms with Crippen molar-refractivity contribution in [2.75, 3.05) is 0 Å². The summed E-state index contributed by atoms with van der Waals surface area (Å²) in [4.78, 5) is 10.4. The van der Waals surface area contributed by atoms with Crippen LogP contribution in [0.2, 0.25) is 0 Å². The molecule has 0 aromatic heterocycles. The summed E-state index contributed by atoms with van der Waals surface area (Å²) in [5.74, 6) is 0. The molecule has 0 fully saturated rings. The molecule has 0 saturated heterocycles. The Morgan fingerprint density at radius 3 is 2.43 bits per heavy atom. The molecule has 0 N–H and O–H groups in total. The maximum atomic E-state index is 10.4. The van der Waals surface area contributed by atoms with Gasteiger partial charge in [-0.3, -0.25) is 4.79 Å². The molecule has 0 bridgehead atoms. The van der Waals surface area contributed by atoms with Gasteiger partial charge in [-0.05, 0) is 12.5 Å². The quantitative estimate of drug-likeness (QED) is 0.652. The zero-order valence-corrected chi connectivity index (χ0v) is 7.90. The second-order valence-electron chi connectivity index (χ2n) is 3.30. The lowest BCUT2D eigenvalue weighted by atomic mass is 10.0. The van der Waals surface area contributed by atoms with Crippen LogP contribution in [0.25, 0.3) is 0 Å². The molecule has 1 aliphatic rings. The molecule has 1 aromatic rings. The first kappa shape index (κ1) is 8.81. The molecular formula is C11H10N2O. The zero-order valence-electron chi connectivity index (χ0n) is 7.90. The maximum absolute atomic E-state index is 10.4. The summed E-state index contributed by atoms with van der Waals surface area (Å²) in [5.41, 5.74) is 3.72. The molecule has 1 aromatic carbocycles. The molecule has 0 aliphatic carbocycles. The van der Waals surface area contributed by atoms with E-state index < -0.39 is 0 Å². The summed E-state index contributed by atoms with van der Waals surface area (Å²) in [5, 5.41) is 8.03. The van der Waals surface area contributed by atoms with E-state index in [4.69, 9.17) is 0 Å². The van der Waals surface area contributed by atoms with Crippen LogP contribution in [0, 0.1) is 0 Å². The van der Waals surface area contributed by atoms with Crippen molar-refractivity contribution in [3.8, 4) is 0 Å². The van der Waals surface area contributed by atoms with Crippen molar-refractivity contribution in [1.29, 1.82) is 0 Å². The Morgan fingerprint density at radius 1 is 1.21 bits per heavy atom. The first-order chi connectivity index (χ1) is 6.79. The van der Waals surface area contributed by atoms with Gasteiger partial charge in [0.1, 0.15) is 6.29 Å². The van der Waals surface area contributed by atoms with E-state index in [1.54, 1.807) is 12.1 Å². The monoisotopic (exact) mass is 186 g/mol. The van der Waals surface area contributed by atoms with E-state index >= 15 is 0 Å². The molecule has 0 spiro atoms. The smallest absolute Gasteiger partial charge is 0.150 e. The lowest BCUT2D eigenvalue weighted by Crippen LogP contribution is -2.00. The number of carbonyl (C=O) groups is 1. The van der Waals surface area contributed by atoms with Gasteiger partial charge in [0.2, 0.25) is 0 Å². The van der Waals surface area contributed by atoms with Gasteiger partial charge in [-0.15, -0.1) is 0 Å². The first-order valence-corrected chi connectivity index (χ1v) is 4.45. The topological polar surface area (TPSA) is 41.8 Å². The van der Waals surface area contributed by atoms with E-state index in [0.717, 1.165) is 29.7 Å². The van der Waals surface area contributed by atoms with E-state index in [0.29, 0.717) is 5.56 Å². The summed E-state index contributed by atoms with van der Waals surface area (Å²) >= 11 is 0. The Labute approximate surface area is 82.2 Å². The number of benzene rings is 1. The van der Waals surface area contributed by atoms with Crippen LogP contribution in [-0.4, -0.2) is 17.7 Å². The first-order valence-electron chi connectivity index (χ1n) is 4.45. The molecule has 3 nitrogen and oxygen atoms in total. The Bertz CT molecular complexity index is 415. The number of rotatable bonds is 2. The minimum Gasteiger partial charge on any atom is -0.298 e. The fourth-order valence-electron chi connectivity index (χ4n) is 1.37. The molecule has 1 aliphatic heterocycles. The van der Waals surface area contributed by atoms with E-state index in [1.165, 1.54) is 0 Å². The van der Waals surface area contributed by atoms with Gasteiger partial charge in [-0.1, -0.05) is 24.3 Å². The number of aldehydes is 1. The highest BCUT2D eigenvalue weighted by atomic mass is 16.1. The molecule has 0 atom stereocenters. The van der Waals surface area contributed by atoms with Crippen molar-refractivity contribution in [3.63, 3.8) is 0 Å². The van der Waals surface area contributed by atoms with Crippen LogP contribution in [0.1, 0.15) is 29.3 Å². The molecule has 1 heterocycles. The Hall–Kier alpha value is -1.77. The summed E-state index contributed by atoms with van der Waals surface area (Å²) in [6, 6.07) is 7.38. The van der Waals surface area contributed by atoms with Crippen LogP contribution in [0.15, 0.2) is 34.5 Å². The molecule has 14 heavy (non-hydrogen) atoms. The van der Waals surface area contributed by atoms with Gasteiger partial charge in [0.15, 0.2) is 0 Å². The Morgan fingerprint density at radius 2 is 1.93 bits per heavy atom. The molecule has 70 valence electrons. The lowest BCUT2D eigenvalue weighted by Gasteiger charge is -1.99. The average molecular weight is 186 g/mol. The summed E-state index contributed by atoms with van der Waals surface area (Å²) in [6.45, 7) is 1.95. The third-order valence-electron chi connectivity index (χ3n) is 2.14. The minimum atomic E-state index is 0.685. The molecular weight excluding hydrogens is 176 g/mol. The second-order valence-corrected chi connectivity index (χ2v) is 3.30. The molecule has 3 heteroatoms. The highest BCUT2D eigenvalue weighted by molar-refractivity contribution is 6.14. The predicted molar refractivity (Wildman–Crippen MR) is 56.1 cm³/mol. The van der Waals surface area contributed by atoms with Crippen LogP contribution in [-0.2, 0) is 0 Å². The Kier molecular flexibility index (Phi) is 2.23. The average Bonchev–Trinajstić information content (AvgIpc) is 2.65. The van der Waals surface area contributed by atoms with Gasteiger partial charge in [0, 0.05) is 17.7 Å². The van der Waals surface area contributed by atoms with E-state index in [2.05, 4.69) is 10.2 Å². The van der Waals surface area contributed by atoms with Crippen molar-refractivity contribution in [2.24, 2.45) is 10.2 Å². The van der Waals surface area contributed by atoms with Crippen LogP contribution in [0.5, 0.6) is 0 Å². The standard InChI is InChI=1S/C11H10N2O/c1-8-6-11(13-12-8)10-4-2-9(7-14)3-5-10/h2-5,7H,6H2,1H3. The normalized spacial score (nSPS) is 14.9. The Balaban J connectivity index is 2.23. The van der Waals surface area contributed by atoms with Gasteiger partial charge in [0.25, 0.3) is 0 Å². The largest absolute Gasteiger partial charge is 0.298 e. The van der Waals surface area contributed by atoms with Gasteiger partial charge in [0.05, 0.1) is 5.71 Å². The number of carbonyl (C=O) groups excluding carboxylic acids is 1. The van der Waals surface area contributed by atoms with Crippen molar-refractivity contribution in [2.45, 2.75) is 13.3 Å². The second kappa shape index (κ2) is 3.54. The summed E-state index contributed by atoms with van der Waals surface area (Å²) in [6.07, 6.45) is 1.64. The summed E-state index contributed by atoms with van der Waals surface area (Å²) < 4.78 is 0. The SMILES string of the molecule is CC1=NN=C(c2ccc(C=O)cc2)C1. The van der Waals surface area contributed by atoms with Crippen LogP contribution in [0.3, 0.4) is 0 Å². The molecule has 0 unspecified atom stereocenters. The highest BCUT2D eigenvalue weighted by Gasteiger charge is 2.10. The van der Waals surface area contributed by atoms with E-state index in [9.17, 15) is 4.79 Å². The van der Waals surface area contributed by atoms with Crippen LogP contribution >= 0.6 is 0 Å². The zero-order chi connectivity index (χ0) is 9.97. The predicted octanol–water partition coefficient (Wildman–Crippen LogP) is 2.07. The van der Waals surface area contributed by atoms with Gasteiger partial charge in [-0.25, -0.2) is 0 Å². The van der Waals surface area contributed by atoms with Crippen molar-refractivity contribution >= 4 is 17.7 Å². The number of nitrogens with zero attached hydrogens (tertiary/aromatic N) is 2. The van der Waals surface area contributed by atoms with E-state index in [-0.39, 0.29) is 0 Å². The molecule has 0 radical (unpaired) electrons. The molecule has 2 rings (SSSR count). The third-order valence-corrected chi connectivity index (χ3v) is 2.14. The highest BCUT2D eigenvalue weighted by Crippen LogP contribution is 2.12. The maximum Gasteiger partial charge on any atom is 0.150 e. The van der Waals surface area contributed by atoms with Crippen molar-refractivity contribution in [3.05, 3.63) is 35.4 Å². The lowest BCUT2D eigenvalue weighted by molar-refractivity contribution is 0.112.